The van der Waals surface area contributed by atoms with Crippen molar-refractivity contribution in [2.45, 2.75) is 0 Å². The molecule has 0 radical (unpaired) electrons. The Balaban J connectivity index is -0.0000000383. The van der Waals surface area contributed by atoms with Crippen molar-refractivity contribution >= 4 is 10.4 Å². The Bertz CT molecular complexity index is 159. The zero-order valence-corrected chi connectivity index (χ0v) is 6.81. The largest absolute Gasteiger partial charge is 0.394 e. The smallest absolute Gasteiger partial charge is 0.344 e. The van der Waals surface area contributed by atoms with Crippen LogP contribution in [0.15, 0.2) is 0 Å². The van der Waals surface area contributed by atoms with Gasteiger partial charge in [0.1, 0.15) is 0 Å². The van der Waals surface area contributed by atoms with Crippen LogP contribution in [0.25, 0.3) is 0 Å². The van der Waals surface area contributed by atoms with Crippen molar-refractivity contribution in [1.82, 2.24) is 6.15 Å². The normalized spacial score (nSPS) is 7.45. The van der Waals surface area contributed by atoms with Gasteiger partial charge in [0.15, 0.2) is 0 Å². The van der Waals surface area contributed by atoms with Gasteiger partial charge in [-0.3, -0.25) is 9.11 Å². The van der Waals surface area contributed by atoms with Gasteiger partial charge in [-0.25, -0.2) is 0 Å². The second kappa shape index (κ2) is 9.55. The molecule has 0 aliphatic carbocycles. The Hall–Kier alpha value is -0.451. The average molecular weight is 234 g/mol. The number of rotatable bonds is 0. The summed E-state index contributed by atoms with van der Waals surface area (Å²) in [5, 5.41) is 13.6. The third-order valence-corrected chi connectivity index (χ3v) is 0. The summed E-state index contributed by atoms with van der Waals surface area (Å²) in [6.07, 6.45) is 0. The summed E-state index contributed by atoms with van der Waals surface area (Å²) in [5.41, 5.74) is 0. The fraction of sp³-hybridized carbons (Fsp3) is 0. The molecule has 0 bridgehead atoms. The van der Waals surface area contributed by atoms with Gasteiger partial charge in [0.25, 0.3) is 5.09 Å². The standard InChI is InChI=1S/Fe.HNO3.H3N.H2O4S/c;2-1(3)4;;1-5(2,3)4/h;(H,2,3,4);1H3;(H2,1,2,3,4). The van der Waals surface area contributed by atoms with Crippen molar-refractivity contribution in [3.63, 3.8) is 0 Å². The van der Waals surface area contributed by atoms with Crippen LogP contribution in [0.5, 0.6) is 0 Å². The Morgan fingerprint density at radius 1 is 1.27 bits per heavy atom. The molecule has 0 aromatic rings. The van der Waals surface area contributed by atoms with Gasteiger partial charge in [0.2, 0.25) is 0 Å². The molecule has 11 heavy (non-hydrogen) atoms. The van der Waals surface area contributed by atoms with E-state index in [1.165, 1.54) is 0 Å². The van der Waals surface area contributed by atoms with Crippen LogP contribution in [-0.2, 0) is 27.5 Å². The maximum Gasteiger partial charge on any atom is 0.394 e. The predicted molar refractivity (Wildman–Crippen MR) is 28.0 cm³/mol. The molecule has 0 unspecified atom stereocenters. The van der Waals surface area contributed by atoms with Crippen LogP contribution in [0.2, 0.25) is 0 Å². The molecule has 0 saturated carbocycles. The fourth-order valence-electron chi connectivity index (χ4n) is 0. The summed E-state index contributed by atoms with van der Waals surface area (Å²) < 4.78 is 31.6. The van der Waals surface area contributed by atoms with Gasteiger partial charge in [-0.05, 0) is 0 Å². The summed E-state index contributed by atoms with van der Waals surface area (Å²) >= 11 is 0. The quantitative estimate of drug-likeness (QED) is 0.181. The summed E-state index contributed by atoms with van der Waals surface area (Å²) in [6.45, 7) is 0. The molecule has 72 valence electrons. The van der Waals surface area contributed by atoms with E-state index < -0.39 is 15.5 Å². The van der Waals surface area contributed by atoms with E-state index in [2.05, 4.69) is 0 Å². The van der Waals surface area contributed by atoms with Crippen LogP contribution in [0.3, 0.4) is 0 Å². The van der Waals surface area contributed by atoms with Crippen molar-refractivity contribution in [2.75, 3.05) is 0 Å². The molecule has 0 saturated heterocycles. The van der Waals surface area contributed by atoms with E-state index in [1.54, 1.807) is 0 Å². The van der Waals surface area contributed by atoms with Crippen molar-refractivity contribution in [2.24, 2.45) is 0 Å². The van der Waals surface area contributed by atoms with Gasteiger partial charge < -0.3 is 11.4 Å². The van der Waals surface area contributed by atoms with Crippen LogP contribution >= 0.6 is 0 Å². The minimum absolute atomic E-state index is 0. The second-order valence-corrected chi connectivity index (χ2v) is 1.58. The van der Waals surface area contributed by atoms with Crippen LogP contribution in [0.4, 0.5) is 0 Å². The minimum Gasteiger partial charge on any atom is -0.344 e. The molecule has 11 heteroatoms. The van der Waals surface area contributed by atoms with Gasteiger partial charge >= 0.3 is 10.4 Å². The molecule has 0 aliphatic heterocycles. The molecule has 0 atom stereocenters. The molecule has 0 fully saturated rings. The molecule has 0 aromatic heterocycles. The predicted octanol–water partition coefficient (Wildman–Crippen LogP) is -0.841. The van der Waals surface area contributed by atoms with E-state index in [9.17, 15) is 0 Å². The molecule has 0 spiro atoms. The van der Waals surface area contributed by atoms with Crippen LogP contribution in [0, 0.1) is 10.1 Å². The van der Waals surface area contributed by atoms with Gasteiger partial charge in [-0.1, -0.05) is 0 Å². The SMILES string of the molecule is N.O=S(=O)(O)O.O=[N+]([O-])O.[Fe]. The van der Waals surface area contributed by atoms with E-state index in [0.29, 0.717) is 0 Å². The van der Waals surface area contributed by atoms with E-state index in [-0.39, 0.29) is 23.2 Å². The van der Waals surface area contributed by atoms with Crippen molar-refractivity contribution in [3.05, 3.63) is 10.1 Å². The molecule has 0 aromatic carbocycles. The number of hydrogen-bond acceptors (Lipinski definition) is 5. The minimum atomic E-state index is -4.67. The van der Waals surface area contributed by atoms with E-state index in [4.69, 9.17) is 32.8 Å². The van der Waals surface area contributed by atoms with Gasteiger partial charge in [0, 0.05) is 17.1 Å². The first kappa shape index (κ1) is 22.4. The monoisotopic (exact) mass is 234 g/mol. The first-order valence-electron chi connectivity index (χ1n) is 1.26. The molecular weight excluding hydrogens is 228 g/mol. The average Bonchev–Trinajstić information content (AvgIpc) is 1.19. The van der Waals surface area contributed by atoms with Gasteiger partial charge in [-0.15, -0.1) is 10.1 Å². The first-order chi connectivity index (χ1) is 3.73. The van der Waals surface area contributed by atoms with Crippen molar-refractivity contribution < 1.29 is 44.9 Å². The summed E-state index contributed by atoms with van der Waals surface area (Å²) in [6, 6.07) is 0. The molecule has 0 amide bonds. The number of hydrogen-bond donors (Lipinski definition) is 4. The van der Waals surface area contributed by atoms with Crippen LogP contribution in [0.1, 0.15) is 0 Å². The summed E-state index contributed by atoms with van der Waals surface area (Å²) in [7, 11) is -4.67. The summed E-state index contributed by atoms with van der Waals surface area (Å²) in [5.74, 6) is 0. The van der Waals surface area contributed by atoms with Gasteiger partial charge in [-0.2, -0.15) is 8.42 Å². The van der Waals surface area contributed by atoms with Gasteiger partial charge in [0.05, 0.1) is 0 Å². The topological polar surface area (TPSA) is 173 Å². The van der Waals surface area contributed by atoms with Crippen molar-refractivity contribution in [1.29, 1.82) is 0 Å². The van der Waals surface area contributed by atoms with Crippen LogP contribution in [-0.4, -0.2) is 27.8 Å². The zero-order chi connectivity index (χ0) is 8.08. The molecule has 9 nitrogen and oxygen atoms in total. The Labute approximate surface area is 72.1 Å². The molecule has 0 aliphatic rings. The Morgan fingerprint density at radius 3 is 1.27 bits per heavy atom. The Morgan fingerprint density at radius 2 is 1.27 bits per heavy atom. The molecule has 0 rings (SSSR count). The van der Waals surface area contributed by atoms with E-state index in [0.717, 1.165) is 0 Å². The van der Waals surface area contributed by atoms with Crippen LogP contribution < -0.4 is 6.15 Å². The zero-order valence-electron chi connectivity index (χ0n) is 4.89. The maximum atomic E-state index is 8.74. The maximum absolute atomic E-state index is 8.74. The number of nitrogens with zero attached hydrogens (tertiary/aromatic N) is 1. The molecular formula is H6FeN2O7S. The molecule has 0 heterocycles. The van der Waals surface area contributed by atoms with E-state index in [1.807, 2.05) is 0 Å². The second-order valence-electron chi connectivity index (χ2n) is 0.686. The Kier molecular flexibility index (Phi) is 19.5. The third kappa shape index (κ3) is 2680. The van der Waals surface area contributed by atoms with E-state index >= 15 is 0 Å². The summed E-state index contributed by atoms with van der Waals surface area (Å²) in [4.78, 5) is 8.36. The third-order valence-electron chi connectivity index (χ3n) is 0. The molecule has 6 N–H and O–H groups in total. The first-order valence-corrected chi connectivity index (χ1v) is 2.66. The fourth-order valence-corrected chi connectivity index (χ4v) is 0. The van der Waals surface area contributed by atoms with Crippen molar-refractivity contribution in [3.8, 4) is 0 Å².